The molecule has 0 aromatic heterocycles. The SMILES string of the molecule is N[C@@H](c1ccc(OC(F)(F)F)cc1)c1cc(I)c(O)c(I)c1. The summed E-state index contributed by atoms with van der Waals surface area (Å²) in [5.41, 5.74) is 7.54. The smallest absolute Gasteiger partial charge is 0.506 e. The van der Waals surface area contributed by atoms with Gasteiger partial charge in [0.2, 0.25) is 0 Å². The van der Waals surface area contributed by atoms with Crippen molar-refractivity contribution in [1.82, 2.24) is 0 Å². The van der Waals surface area contributed by atoms with Crippen LogP contribution in [0.1, 0.15) is 17.2 Å². The van der Waals surface area contributed by atoms with Crippen LogP contribution in [0.4, 0.5) is 13.2 Å². The highest BCUT2D eigenvalue weighted by Gasteiger charge is 2.31. The van der Waals surface area contributed by atoms with Crippen LogP contribution in [0.15, 0.2) is 36.4 Å². The Hall–Kier alpha value is -0.750. The van der Waals surface area contributed by atoms with E-state index in [-0.39, 0.29) is 11.5 Å². The van der Waals surface area contributed by atoms with E-state index in [9.17, 15) is 18.3 Å². The first-order chi connectivity index (χ1) is 10.2. The van der Waals surface area contributed by atoms with Gasteiger partial charge < -0.3 is 15.6 Å². The fourth-order valence-corrected chi connectivity index (χ4v) is 3.65. The molecule has 0 saturated carbocycles. The van der Waals surface area contributed by atoms with Crippen LogP contribution in [0.3, 0.4) is 0 Å². The maximum absolute atomic E-state index is 12.1. The Kier molecular flexibility index (Phi) is 5.43. The van der Waals surface area contributed by atoms with Crippen molar-refractivity contribution in [3.63, 3.8) is 0 Å². The molecular weight excluding hydrogens is 525 g/mol. The van der Waals surface area contributed by atoms with E-state index in [1.165, 1.54) is 24.3 Å². The van der Waals surface area contributed by atoms with E-state index < -0.39 is 12.4 Å². The summed E-state index contributed by atoms with van der Waals surface area (Å²) in [5.74, 6) is -0.107. The van der Waals surface area contributed by atoms with E-state index in [0.717, 1.165) is 5.56 Å². The maximum atomic E-state index is 12.1. The molecule has 0 spiro atoms. The zero-order valence-corrected chi connectivity index (χ0v) is 15.2. The number of hydrogen-bond acceptors (Lipinski definition) is 3. The second-order valence-electron chi connectivity index (χ2n) is 4.43. The van der Waals surface area contributed by atoms with Crippen LogP contribution >= 0.6 is 45.2 Å². The number of aromatic hydroxyl groups is 1. The predicted molar refractivity (Wildman–Crippen MR) is 92.7 cm³/mol. The van der Waals surface area contributed by atoms with E-state index >= 15 is 0 Å². The molecule has 0 fully saturated rings. The highest BCUT2D eigenvalue weighted by atomic mass is 127. The minimum absolute atomic E-state index is 0.186. The quantitative estimate of drug-likeness (QED) is 0.568. The molecule has 0 bridgehead atoms. The van der Waals surface area contributed by atoms with Crippen LogP contribution in [0, 0.1) is 7.14 Å². The van der Waals surface area contributed by atoms with Gasteiger partial charge in [0.15, 0.2) is 0 Å². The molecule has 0 heterocycles. The molecule has 0 aliphatic heterocycles. The molecule has 2 aromatic carbocycles. The van der Waals surface area contributed by atoms with Crippen molar-refractivity contribution in [1.29, 1.82) is 0 Å². The normalized spacial score (nSPS) is 13.0. The summed E-state index contributed by atoms with van der Waals surface area (Å²) in [4.78, 5) is 0. The Morgan fingerprint density at radius 2 is 1.50 bits per heavy atom. The number of alkyl halides is 3. The Morgan fingerprint density at radius 1 is 1.00 bits per heavy atom. The molecule has 0 unspecified atom stereocenters. The fourth-order valence-electron chi connectivity index (χ4n) is 1.83. The summed E-state index contributed by atoms with van der Waals surface area (Å²) in [6.45, 7) is 0. The highest BCUT2D eigenvalue weighted by Crippen LogP contribution is 2.32. The van der Waals surface area contributed by atoms with Gasteiger partial charge in [-0.15, -0.1) is 13.2 Å². The molecular formula is C14H10F3I2NO2. The summed E-state index contributed by atoms with van der Waals surface area (Å²) >= 11 is 3.99. The summed E-state index contributed by atoms with van der Waals surface area (Å²) < 4.78 is 41.5. The van der Waals surface area contributed by atoms with E-state index in [1.807, 2.05) is 45.2 Å². The Labute approximate surface area is 151 Å². The molecule has 0 amide bonds. The molecule has 0 aliphatic rings. The first kappa shape index (κ1) is 17.6. The highest BCUT2D eigenvalue weighted by molar-refractivity contribution is 14.1. The molecule has 2 rings (SSSR count). The molecule has 22 heavy (non-hydrogen) atoms. The average Bonchev–Trinajstić information content (AvgIpc) is 2.42. The lowest BCUT2D eigenvalue weighted by atomic mass is 9.99. The summed E-state index contributed by atoms with van der Waals surface area (Å²) in [6, 6.07) is 8.38. The number of ether oxygens (including phenoxy) is 1. The Morgan fingerprint density at radius 3 is 1.95 bits per heavy atom. The molecule has 8 heteroatoms. The molecule has 3 nitrogen and oxygen atoms in total. The van der Waals surface area contributed by atoms with Crippen LogP contribution in [0.2, 0.25) is 0 Å². The van der Waals surface area contributed by atoms with Crippen molar-refractivity contribution < 1.29 is 23.0 Å². The minimum atomic E-state index is -4.72. The number of nitrogens with two attached hydrogens (primary N) is 1. The standard InChI is InChI=1S/C14H10F3I2NO2/c15-14(16,17)22-9-3-1-7(2-4-9)12(20)8-5-10(18)13(21)11(19)6-8/h1-6,12,21H,20H2/t12-/m0/s1. The zero-order chi connectivity index (χ0) is 16.5. The van der Waals surface area contributed by atoms with Crippen molar-refractivity contribution in [2.45, 2.75) is 12.4 Å². The Bertz CT molecular complexity index is 652. The molecule has 118 valence electrons. The monoisotopic (exact) mass is 535 g/mol. The molecule has 2 aromatic rings. The van der Waals surface area contributed by atoms with Gasteiger partial charge in [0.1, 0.15) is 11.5 Å². The lowest BCUT2D eigenvalue weighted by molar-refractivity contribution is -0.274. The number of halogens is 5. The number of rotatable bonds is 3. The predicted octanol–water partition coefficient (Wildman–Crippen LogP) is 4.55. The largest absolute Gasteiger partial charge is 0.573 e. The first-order valence-corrected chi connectivity index (χ1v) is 8.12. The van der Waals surface area contributed by atoms with E-state index in [0.29, 0.717) is 12.7 Å². The van der Waals surface area contributed by atoms with Crippen LogP contribution in [-0.4, -0.2) is 11.5 Å². The summed E-state index contributed by atoms with van der Waals surface area (Å²) in [6.07, 6.45) is -4.72. The third-order valence-electron chi connectivity index (χ3n) is 2.87. The van der Waals surface area contributed by atoms with Gasteiger partial charge in [-0.1, -0.05) is 12.1 Å². The van der Waals surface area contributed by atoms with E-state index in [1.54, 1.807) is 12.1 Å². The van der Waals surface area contributed by atoms with Gasteiger partial charge in [-0.3, -0.25) is 0 Å². The molecule has 0 aliphatic carbocycles. The molecule has 0 saturated heterocycles. The molecule has 3 N–H and O–H groups in total. The van der Waals surface area contributed by atoms with E-state index in [2.05, 4.69) is 4.74 Å². The van der Waals surface area contributed by atoms with Crippen molar-refractivity contribution in [2.75, 3.05) is 0 Å². The van der Waals surface area contributed by atoms with Gasteiger partial charge >= 0.3 is 6.36 Å². The van der Waals surface area contributed by atoms with Gasteiger partial charge in [-0.05, 0) is 80.6 Å². The molecule has 1 atom stereocenters. The lowest BCUT2D eigenvalue weighted by Gasteiger charge is -2.15. The van der Waals surface area contributed by atoms with Gasteiger partial charge in [0.25, 0.3) is 0 Å². The van der Waals surface area contributed by atoms with Crippen molar-refractivity contribution in [2.24, 2.45) is 5.73 Å². The second kappa shape index (κ2) is 6.79. The van der Waals surface area contributed by atoms with Crippen molar-refractivity contribution >= 4 is 45.2 Å². The average molecular weight is 535 g/mol. The number of benzene rings is 2. The number of phenolic OH excluding ortho intramolecular Hbond substituents is 1. The minimum Gasteiger partial charge on any atom is -0.506 e. The van der Waals surface area contributed by atoms with E-state index in [4.69, 9.17) is 5.73 Å². The number of hydrogen-bond donors (Lipinski definition) is 2. The topological polar surface area (TPSA) is 55.5 Å². The second-order valence-corrected chi connectivity index (χ2v) is 6.75. The lowest BCUT2D eigenvalue weighted by Crippen LogP contribution is -2.17. The third kappa shape index (κ3) is 4.38. The Balaban J connectivity index is 2.25. The number of phenols is 1. The maximum Gasteiger partial charge on any atom is 0.573 e. The van der Waals surface area contributed by atoms with Gasteiger partial charge in [-0.25, -0.2) is 0 Å². The van der Waals surface area contributed by atoms with Crippen molar-refractivity contribution in [3.05, 3.63) is 54.7 Å². The third-order valence-corrected chi connectivity index (χ3v) is 4.52. The summed E-state index contributed by atoms with van der Waals surface area (Å²) in [5, 5.41) is 9.75. The van der Waals surface area contributed by atoms with Crippen molar-refractivity contribution in [3.8, 4) is 11.5 Å². The zero-order valence-electron chi connectivity index (χ0n) is 10.9. The summed E-state index contributed by atoms with van der Waals surface area (Å²) in [7, 11) is 0. The van der Waals surface area contributed by atoms with Gasteiger partial charge in [0.05, 0.1) is 13.2 Å². The fraction of sp³-hybridized carbons (Fsp3) is 0.143. The first-order valence-electron chi connectivity index (χ1n) is 5.96. The van der Waals surface area contributed by atoms with Crippen LogP contribution in [-0.2, 0) is 0 Å². The van der Waals surface area contributed by atoms with Crippen LogP contribution in [0.5, 0.6) is 11.5 Å². The van der Waals surface area contributed by atoms with Gasteiger partial charge in [0, 0.05) is 0 Å². The van der Waals surface area contributed by atoms with Crippen LogP contribution < -0.4 is 10.5 Å². The van der Waals surface area contributed by atoms with Crippen LogP contribution in [0.25, 0.3) is 0 Å². The van der Waals surface area contributed by atoms with Gasteiger partial charge in [-0.2, -0.15) is 0 Å². The molecule has 0 radical (unpaired) electrons.